The molecule has 0 radical (unpaired) electrons. The zero-order valence-corrected chi connectivity index (χ0v) is 12.7. The normalized spacial score (nSPS) is 25.8. The summed E-state index contributed by atoms with van der Waals surface area (Å²) in [7, 11) is 1.65. The van der Waals surface area contributed by atoms with Crippen LogP contribution in [0.1, 0.15) is 50.8 Å². The van der Waals surface area contributed by atoms with Gasteiger partial charge in [0.15, 0.2) is 11.5 Å². The molecule has 2 atom stereocenters. The molecular weight excluding hydrogens is 254 g/mol. The first-order valence-electron chi connectivity index (χ1n) is 7.35. The summed E-state index contributed by atoms with van der Waals surface area (Å²) in [5, 5.41) is 0. The lowest BCUT2D eigenvalue weighted by molar-refractivity contribution is 0.0261. The fourth-order valence-corrected chi connectivity index (χ4v) is 3.20. The van der Waals surface area contributed by atoms with Crippen molar-refractivity contribution in [1.82, 2.24) is 5.48 Å². The van der Waals surface area contributed by atoms with Crippen LogP contribution in [0.3, 0.4) is 0 Å². The molecule has 110 valence electrons. The van der Waals surface area contributed by atoms with E-state index in [1.54, 1.807) is 7.11 Å². The Kier molecular flexibility index (Phi) is 3.38. The highest BCUT2D eigenvalue weighted by Crippen LogP contribution is 2.50. The standard InChI is InChI=1S/C16H23NO3/c1-5-6-12-13(17-18-4)11-8-7-10-9-16(2,3)20-14(10)15(11)19-12/h7-8,12-13,17H,5-6,9H2,1-4H3. The lowest BCUT2D eigenvalue weighted by atomic mass is 9.97. The van der Waals surface area contributed by atoms with Crippen LogP contribution in [-0.2, 0) is 11.3 Å². The molecule has 2 aliphatic rings. The van der Waals surface area contributed by atoms with Crippen LogP contribution in [0, 0.1) is 0 Å². The molecule has 0 saturated heterocycles. The van der Waals surface area contributed by atoms with Crippen LogP contribution >= 0.6 is 0 Å². The van der Waals surface area contributed by atoms with Gasteiger partial charge in [-0.25, -0.2) is 0 Å². The lowest BCUT2D eigenvalue weighted by Gasteiger charge is -2.19. The largest absolute Gasteiger partial charge is 0.484 e. The van der Waals surface area contributed by atoms with Gasteiger partial charge in [-0.3, -0.25) is 0 Å². The molecule has 20 heavy (non-hydrogen) atoms. The van der Waals surface area contributed by atoms with E-state index in [-0.39, 0.29) is 17.7 Å². The molecule has 1 N–H and O–H groups in total. The molecule has 3 rings (SSSR count). The number of nitrogens with one attached hydrogen (secondary N) is 1. The molecule has 4 nitrogen and oxygen atoms in total. The summed E-state index contributed by atoms with van der Waals surface area (Å²) in [5.41, 5.74) is 5.30. The second kappa shape index (κ2) is 4.93. The van der Waals surface area contributed by atoms with E-state index < -0.39 is 0 Å². The van der Waals surface area contributed by atoms with Gasteiger partial charge in [0.2, 0.25) is 0 Å². The van der Waals surface area contributed by atoms with Crippen LogP contribution in [-0.4, -0.2) is 18.8 Å². The second-order valence-corrected chi connectivity index (χ2v) is 6.26. The molecular formula is C16H23NO3. The predicted octanol–water partition coefficient (Wildman–Crippen LogP) is 3.15. The first-order valence-corrected chi connectivity index (χ1v) is 7.35. The third-order valence-electron chi connectivity index (χ3n) is 4.01. The van der Waals surface area contributed by atoms with Crippen molar-refractivity contribution >= 4 is 0 Å². The van der Waals surface area contributed by atoms with Gasteiger partial charge in [0.25, 0.3) is 0 Å². The van der Waals surface area contributed by atoms with E-state index in [0.29, 0.717) is 0 Å². The minimum Gasteiger partial charge on any atom is -0.484 e. The maximum absolute atomic E-state index is 6.18. The maximum Gasteiger partial charge on any atom is 0.167 e. The van der Waals surface area contributed by atoms with Crippen molar-refractivity contribution in [1.29, 1.82) is 0 Å². The molecule has 2 heterocycles. The van der Waals surface area contributed by atoms with Crippen LogP contribution in [0.25, 0.3) is 0 Å². The highest BCUT2D eigenvalue weighted by molar-refractivity contribution is 5.57. The fourth-order valence-electron chi connectivity index (χ4n) is 3.20. The Morgan fingerprint density at radius 2 is 2.15 bits per heavy atom. The molecule has 4 heteroatoms. The topological polar surface area (TPSA) is 39.7 Å². The fraction of sp³-hybridized carbons (Fsp3) is 0.625. The van der Waals surface area contributed by atoms with E-state index in [1.807, 2.05) is 0 Å². The number of ether oxygens (including phenoxy) is 2. The van der Waals surface area contributed by atoms with Crippen molar-refractivity contribution in [3.63, 3.8) is 0 Å². The van der Waals surface area contributed by atoms with E-state index in [0.717, 1.165) is 36.3 Å². The number of fused-ring (bicyclic) bond motifs is 3. The van der Waals surface area contributed by atoms with Gasteiger partial charge in [0.1, 0.15) is 11.7 Å². The molecule has 0 fully saturated rings. The predicted molar refractivity (Wildman–Crippen MR) is 77.1 cm³/mol. The molecule has 0 aliphatic carbocycles. The minimum absolute atomic E-state index is 0.0764. The molecule has 0 spiro atoms. The van der Waals surface area contributed by atoms with Crippen LogP contribution in [0.4, 0.5) is 0 Å². The average Bonchev–Trinajstić information content (AvgIpc) is 2.87. The van der Waals surface area contributed by atoms with Crippen LogP contribution in [0.5, 0.6) is 11.5 Å². The third kappa shape index (κ3) is 2.17. The highest BCUT2D eigenvalue weighted by atomic mass is 16.6. The minimum atomic E-state index is -0.145. The van der Waals surface area contributed by atoms with Crippen LogP contribution in [0.15, 0.2) is 12.1 Å². The van der Waals surface area contributed by atoms with Crippen molar-refractivity contribution < 1.29 is 14.3 Å². The zero-order chi connectivity index (χ0) is 14.3. The average molecular weight is 277 g/mol. The summed E-state index contributed by atoms with van der Waals surface area (Å²) in [6.07, 6.45) is 3.11. The summed E-state index contributed by atoms with van der Waals surface area (Å²) in [5.74, 6) is 1.83. The quantitative estimate of drug-likeness (QED) is 0.858. The van der Waals surface area contributed by atoms with Crippen molar-refractivity contribution in [2.45, 2.75) is 57.8 Å². The van der Waals surface area contributed by atoms with Crippen molar-refractivity contribution in [2.24, 2.45) is 0 Å². The first kappa shape index (κ1) is 13.7. The summed E-state index contributed by atoms with van der Waals surface area (Å²) >= 11 is 0. The van der Waals surface area contributed by atoms with Gasteiger partial charge in [-0.15, -0.1) is 0 Å². The first-order chi connectivity index (χ1) is 9.55. The van der Waals surface area contributed by atoms with Crippen LogP contribution in [0.2, 0.25) is 0 Å². The summed E-state index contributed by atoms with van der Waals surface area (Å²) < 4.78 is 12.3. The van der Waals surface area contributed by atoms with E-state index in [2.05, 4.69) is 38.4 Å². The van der Waals surface area contributed by atoms with Gasteiger partial charge in [-0.05, 0) is 20.3 Å². The SMILES string of the molecule is CCCC1Oc2c(ccc3c2OC(C)(C)C3)C1NOC. The summed E-state index contributed by atoms with van der Waals surface area (Å²) in [6.45, 7) is 6.39. The summed E-state index contributed by atoms with van der Waals surface area (Å²) in [4.78, 5) is 5.15. The van der Waals surface area contributed by atoms with E-state index >= 15 is 0 Å². The monoisotopic (exact) mass is 277 g/mol. The Morgan fingerprint density at radius 1 is 1.35 bits per heavy atom. The Labute approximate surface area is 120 Å². The van der Waals surface area contributed by atoms with Crippen molar-refractivity contribution in [3.05, 3.63) is 23.3 Å². The molecule has 0 bridgehead atoms. The van der Waals surface area contributed by atoms with E-state index in [4.69, 9.17) is 14.3 Å². The Morgan fingerprint density at radius 3 is 2.85 bits per heavy atom. The number of hydrogen-bond acceptors (Lipinski definition) is 4. The Balaban J connectivity index is 1.97. The van der Waals surface area contributed by atoms with Gasteiger partial charge in [-0.2, -0.15) is 5.48 Å². The van der Waals surface area contributed by atoms with Gasteiger partial charge in [-0.1, -0.05) is 25.5 Å². The summed E-state index contributed by atoms with van der Waals surface area (Å²) in [6, 6.07) is 4.38. The van der Waals surface area contributed by atoms with Gasteiger partial charge >= 0.3 is 0 Å². The lowest BCUT2D eigenvalue weighted by Crippen LogP contribution is -2.30. The van der Waals surface area contributed by atoms with Crippen molar-refractivity contribution in [2.75, 3.05) is 7.11 Å². The van der Waals surface area contributed by atoms with Gasteiger partial charge < -0.3 is 14.3 Å². The second-order valence-electron chi connectivity index (χ2n) is 6.26. The zero-order valence-electron chi connectivity index (χ0n) is 12.7. The molecule has 0 aromatic heterocycles. The molecule has 0 amide bonds. The van der Waals surface area contributed by atoms with E-state index in [1.165, 1.54) is 5.56 Å². The molecule has 0 saturated carbocycles. The molecule has 1 aromatic rings. The number of rotatable bonds is 4. The third-order valence-corrected chi connectivity index (χ3v) is 4.01. The Hall–Kier alpha value is -1.26. The van der Waals surface area contributed by atoms with Crippen molar-refractivity contribution in [3.8, 4) is 11.5 Å². The van der Waals surface area contributed by atoms with Gasteiger partial charge in [0.05, 0.1) is 13.2 Å². The smallest absolute Gasteiger partial charge is 0.167 e. The number of hydroxylamine groups is 1. The highest BCUT2D eigenvalue weighted by Gasteiger charge is 2.41. The van der Waals surface area contributed by atoms with Crippen LogP contribution < -0.4 is 15.0 Å². The molecule has 2 aliphatic heterocycles. The molecule has 2 unspecified atom stereocenters. The maximum atomic E-state index is 6.18. The van der Waals surface area contributed by atoms with E-state index in [9.17, 15) is 0 Å². The number of hydrogen-bond donors (Lipinski definition) is 1. The van der Waals surface area contributed by atoms with Gasteiger partial charge in [0, 0.05) is 17.5 Å². The Bertz CT molecular complexity index is 513. The molecule has 1 aromatic carbocycles. The number of benzene rings is 1.